The number of halogens is 2. The Morgan fingerprint density at radius 3 is 2.74 bits per heavy atom. The second kappa shape index (κ2) is 9.82. The summed E-state index contributed by atoms with van der Waals surface area (Å²) in [5.74, 6) is 0.0471. The summed E-state index contributed by atoms with van der Waals surface area (Å²) in [5.41, 5.74) is 1.49. The molecule has 0 aliphatic carbocycles. The molecule has 4 nitrogen and oxygen atoms in total. The van der Waals surface area contributed by atoms with Crippen LogP contribution < -0.4 is 5.32 Å². The van der Waals surface area contributed by atoms with Crippen LogP contribution in [-0.2, 0) is 17.6 Å². The van der Waals surface area contributed by atoms with E-state index in [0.29, 0.717) is 5.13 Å². The second-order valence-corrected chi connectivity index (χ2v) is 8.46. The number of aryl methyl sites for hydroxylation is 1. The number of hydrogen-bond donors (Lipinski definition) is 1. The molecule has 1 heterocycles. The first-order valence-corrected chi connectivity index (χ1v) is 10.5. The molecule has 8 heteroatoms. The van der Waals surface area contributed by atoms with E-state index < -0.39 is 5.82 Å². The quantitative estimate of drug-likeness (QED) is 0.307. The van der Waals surface area contributed by atoms with Gasteiger partial charge in [-0.15, -0.1) is 10.2 Å². The van der Waals surface area contributed by atoms with Crippen LogP contribution in [0.5, 0.6) is 0 Å². The number of benzene rings is 2. The van der Waals surface area contributed by atoms with Crippen LogP contribution in [0.2, 0.25) is 5.02 Å². The maximum Gasteiger partial charge on any atom is 0.230 e. The zero-order chi connectivity index (χ0) is 19.1. The van der Waals surface area contributed by atoms with E-state index in [2.05, 4.69) is 27.6 Å². The van der Waals surface area contributed by atoms with Crippen molar-refractivity contribution < 1.29 is 9.18 Å². The summed E-state index contributed by atoms with van der Waals surface area (Å²) >= 11 is 8.86. The van der Waals surface area contributed by atoms with Crippen molar-refractivity contribution in [3.63, 3.8) is 0 Å². The van der Waals surface area contributed by atoms with E-state index in [1.54, 1.807) is 17.8 Å². The highest BCUT2D eigenvalue weighted by Gasteiger charge is 2.14. The van der Waals surface area contributed by atoms with Gasteiger partial charge in [-0.05, 0) is 30.5 Å². The predicted octanol–water partition coefficient (Wildman–Crippen LogP) is 5.24. The monoisotopic (exact) mass is 421 g/mol. The van der Waals surface area contributed by atoms with E-state index >= 15 is 0 Å². The minimum absolute atomic E-state index is 0.148. The zero-order valence-electron chi connectivity index (χ0n) is 14.3. The third-order valence-electron chi connectivity index (χ3n) is 3.73. The molecule has 0 atom stereocenters. The van der Waals surface area contributed by atoms with Gasteiger partial charge in [-0.25, -0.2) is 4.39 Å². The van der Waals surface area contributed by atoms with Crippen LogP contribution in [0, 0.1) is 5.82 Å². The van der Waals surface area contributed by atoms with Gasteiger partial charge in [0.2, 0.25) is 11.0 Å². The van der Waals surface area contributed by atoms with Crippen LogP contribution in [0.3, 0.4) is 0 Å². The molecular weight excluding hydrogens is 405 g/mol. The zero-order valence-corrected chi connectivity index (χ0v) is 16.7. The van der Waals surface area contributed by atoms with Crippen LogP contribution in [0.4, 0.5) is 9.52 Å². The van der Waals surface area contributed by atoms with E-state index in [-0.39, 0.29) is 22.9 Å². The normalized spacial score (nSPS) is 10.7. The second-order valence-electron chi connectivity index (χ2n) is 5.74. The summed E-state index contributed by atoms with van der Waals surface area (Å²) in [7, 11) is 0. The number of carbonyl (C=O) groups excluding carboxylic acids is 1. The fourth-order valence-electron chi connectivity index (χ4n) is 2.42. The van der Waals surface area contributed by atoms with Crippen molar-refractivity contribution in [1.82, 2.24) is 10.2 Å². The average molecular weight is 422 g/mol. The molecule has 0 fully saturated rings. The van der Waals surface area contributed by atoms with Gasteiger partial charge in [-0.1, -0.05) is 71.1 Å². The minimum atomic E-state index is -0.496. The molecule has 0 aliphatic heterocycles. The summed E-state index contributed by atoms with van der Waals surface area (Å²) in [6, 6.07) is 14.7. The highest BCUT2D eigenvalue weighted by atomic mass is 35.5. The van der Waals surface area contributed by atoms with E-state index in [0.717, 1.165) is 22.9 Å². The van der Waals surface area contributed by atoms with Gasteiger partial charge in [-0.2, -0.15) is 0 Å². The number of nitrogens with zero attached hydrogens (tertiary/aromatic N) is 2. The predicted molar refractivity (Wildman–Crippen MR) is 109 cm³/mol. The molecule has 0 radical (unpaired) electrons. The lowest BCUT2D eigenvalue weighted by Crippen LogP contribution is -2.15. The molecule has 1 amide bonds. The van der Waals surface area contributed by atoms with Crippen molar-refractivity contribution in [3.8, 4) is 0 Å². The first-order chi connectivity index (χ1) is 13.1. The van der Waals surface area contributed by atoms with Gasteiger partial charge in [0, 0.05) is 16.3 Å². The summed E-state index contributed by atoms with van der Waals surface area (Å²) in [6.45, 7) is 0. The number of nitrogens with one attached hydrogen (secondary N) is 1. The molecule has 2 aromatic carbocycles. The Morgan fingerprint density at radius 1 is 1.15 bits per heavy atom. The van der Waals surface area contributed by atoms with Crippen LogP contribution in [-0.4, -0.2) is 21.9 Å². The lowest BCUT2D eigenvalue weighted by Gasteiger charge is -2.05. The fourth-order valence-corrected chi connectivity index (χ4v) is 4.43. The van der Waals surface area contributed by atoms with Crippen LogP contribution >= 0.6 is 34.7 Å². The smallest absolute Gasteiger partial charge is 0.230 e. The van der Waals surface area contributed by atoms with E-state index in [1.165, 1.54) is 29.0 Å². The molecule has 0 unspecified atom stereocenters. The highest BCUT2D eigenvalue weighted by molar-refractivity contribution is 8.01. The number of aromatic nitrogens is 2. The maximum atomic E-state index is 13.8. The Labute approximate surface area is 170 Å². The number of carbonyl (C=O) groups is 1. The van der Waals surface area contributed by atoms with Crippen molar-refractivity contribution in [2.45, 2.75) is 23.6 Å². The van der Waals surface area contributed by atoms with Gasteiger partial charge in [0.15, 0.2) is 4.34 Å². The summed E-state index contributed by atoms with van der Waals surface area (Å²) in [6.07, 6.45) is 1.89. The topological polar surface area (TPSA) is 54.9 Å². The Morgan fingerprint density at radius 2 is 1.96 bits per heavy atom. The van der Waals surface area contributed by atoms with E-state index in [4.69, 9.17) is 11.6 Å². The van der Waals surface area contributed by atoms with E-state index in [1.807, 2.05) is 18.2 Å². The van der Waals surface area contributed by atoms with Gasteiger partial charge in [0.1, 0.15) is 5.82 Å². The largest absolute Gasteiger partial charge is 0.300 e. The Hall–Kier alpha value is -1.96. The number of amides is 1. The molecule has 3 rings (SSSR count). The molecule has 0 saturated carbocycles. The molecule has 0 bridgehead atoms. The van der Waals surface area contributed by atoms with Gasteiger partial charge < -0.3 is 5.32 Å². The lowest BCUT2D eigenvalue weighted by atomic mass is 10.1. The fraction of sp³-hybridized carbons (Fsp3) is 0.211. The molecule has 1 N–H and O–H groups in total. The van der Waals surface area contributed by atoms with Gasteiger partial charge in [-0.3, -0.25) is 4.79 Å². The molecule has 3 aromatic rings. The van der Waals surface area contributed by atoms with Crippen molar-refractivity contribution in [1.29, 1.82) is 0 Å². The molecular formula is C19H17ClFN3OS2. The first kappa shape index (κ1) is 19.8. The van der Waals surface area contributed by atoms with Gasteiger partial charge >= 0.3 is 0 Å². The lowest BCUT2D eigenvalue weighted by molar-refractivity contribution is -0.115. The van der Waals surface area contributed by atoms with Crippen LogP contribution in [0.1, 0.15) is 17.5 Å². The Bertz CT molecular complexity index is 885. The maximum absolute atomic E-state index is 13.8. The molecule has 0 aliphatic rings. The van der Waals surface area contributed by atoms with Crippen molar-refractivity contribution in [3.05, 3.63) is 70.5 Å². The number of rotatable bonds is 8. The highest BCUT2D eigenvalue weighted by Crippen LogP contribution is 2.27. The summed E-state index contributed by atoms with van der Waals surface area (Å²) < 4.78 is 14.5. The van der Waals surface area contributed by atoms with Gasteiger partial charge in [0.05, 0.1) is 6.42 Å². The van der Waals surface area contributed by atoms with Crippen LogP contribution in [0.15, 0.2) is 52.9 Å². The van der Waals surface area contributed by atoms with Crippen molar-refractivity contribution in [2.75, 3.05) is 11.1 Å². The number of thioether (sulfide) groups is 1. The number of hydrogen-bond acceptors (Lipinski definition) is 5. The SMILES string of the molecule is O=C(Cc1c(F)cccc1Cl)Nc1nnc(SCCCc2ccccc2)s1. The Balaban J connectivity index is 1.45. The van der Waals surface area contributed by atoms with Crippen LogP contribution in [0.25, 0.3) is 0 Å². The standard InChI is InChI=1S/C19H17ClFN3OS2/c20-15-9-4-10-16(21)14(15)12-17(25)22-18-23-24-19(27-18)26-11-5-8-13-6-2-1-3-7-13/h1-4,6-7,9-10H,5,8,11-12H2,(H,22,23,25). The average Bonchev–Trinajstić information content (AvgIpc) is 3.10. The Kier molecular flexibility index (Phi) is 7.20. The molecule has 0 spiro atoms. The summed E-state index contributed by atoms with van der Waals surface area (Å²) in [5, 5.41) is 11.3. The first-order valence-electron chi connectivity index (χ1n) is 8.35. The minimum Gasteiger partial charge on any atom is -0.300 e. The van der Waals surface area contributed by atoms with Crippen molar-refractivity contribution in [2.24, 2.45) is 0 Å². The third kappa shape index (κ3) is 6.02. The third-order valence-corrected chi connectivity index (χ3v) is 6.14. The van der Waals surface area contributed by atoms with Gasteiger partial charge in [0.25, 0.3) is 0 Å². The molecule has 1 aromatic heterocycles. The molecule has 140 valence electrons. The molecule has 27 heavy (non-hydrogen) atoms. The van der Waals surface area contributed by atoms with E-state index in [9.17, 15) is 9.18 Å². The summed E-state index contributed by atoms with van der Waals surface area (Å²) in [4.78, 5) is 12.1. The molecule has 0 saturated heterocycles. The van der Waals surface area contributed by atoms with Crippen molar-refractivity contribution >= 4 is 45.7 Å². The number of anilines is 1.